The Kier molecular flexibility index (Phi) is 3.50. The highest BCUT2D eigenvalue weighted by Crippen LogP contribution is 2.53. The molecule has 88 valence electrons. The summed E-state index contributed by atoms with van der Waals surface area (Å²) in [6.07, 6.45) is 3.51. The van der Waals surface area contributed by atoms with Crippen LogP contribution in [0.2, 0.25) is 0 Å². The fourth-order valence-electron chi connectivity index (χ4n) is 2.07. The summed E-state index contributed by atoms with van der Waals surface area (Å²) in [4.78, 5) is 0. The molecule has 1 saturated carbocycles. The first-order valence-corrected chi connectivity index (χ1v) is 6.77. The van der Waals surface area contributed by atoms with Crippen molar-refractivity contribution in [2.75, 3.05) is 7.11 Å². The molecule has 1 aromatic rings. The predicted octanol–water partition coefficient (Wildman–Crippen LogP) is 4.41. The zero-order valence-electron chi connectivity index (χ0n) is 9.59. The van der Waals surface area contributed by atoms with Gasteiger partial charge in [0.25, 0.3) is 0 Å². The third kappa shape index (κ3) is 2.38. The average Bonchev–Trinajstić information content (AvgIpc) is 3.02. The van der Waals surface area contributed by atoms with E-state index in [0.29, 0.717) is 5.41 Å². The Bertz CT molecular complexity index is 386. The van der Waals surface area contributed by atoms with E-state index in [1.54, 1.807) is 7.11 Å². The molecule has 0 heterocycles. The number of hydrogen-bond donors (Lipinski definition) is 0. The lowest BCUT2D eigenvalue weighted by atomic mass is 9.93. The Morgan fingerprint density at radius 1 is 1.50 bits per heavy atom. The van der Waals surface area contributed by atoms with Crippen molar-refractivity contribution in [3.63, 3.8) is 0 Å². The third-order valence-electron chi connectivity index (χ3n) is 3.53. The molecular formula is C13H16BrClO. The molecule has 0 spiro atoms. The molecule has 2 rings (SSSR count). The lowest BCUT2D eigenvalue weighted by Crippen LogP contribution is -2.16. The van der Waals surface area contributed by atoms with Crippen molar-refractivity contribution < 1.29 is 4.74 Å². The minimum Gasteiger partial charge on any atom is -0.497 e. The van der Waals surface area contributed by atoms with Crippen LogP contribution >= 0.6 is 27.5 Å². The average molecular weight is 304 g/mol. The van der Waals surface area contributed by atoms with Gasteiger partial charge in [0.2, 0.25) is 0 Å². The van der Waals surface area contributed by atoms with Crippen LogP contribution in [-0.4, -0.2) is 12.5 Å². The summed E-state index contributed by atoms with van der Waals surface area (Å²) in [6.45, 7) is 2.10. The van der Waals surface area contributed by atoms with Crippen molar-refractivity contribution in [1.29, 1.82) is 0 Å². The van der Waals surface area contributed by atoms with Crippen LogP contribution in [0.4, 0.5) is 0 Å². The molecule has 0 N–H and O–H groups in total. The van der Waals surface area contributed by atoms with Crippen molar-refractivity contribution in [3.8, 4) is 5.75 Å². The quantitative estimate of drug-likeness (QED) is 0.749. The third-order valence-corrected chi connectivity index (χ3v) is 4.77. The number of halogens is 2. The molecule has 0 aliphatic heterocycles. The van der Waals surface area contributed by atoms with Gasteiger partial charge < -0.3 is 4.74 Å². The summed E-state index contributed by atoms with van der Waals surface area (Å²) in [7, 11) is 1.70. The molecule has 1 atom stereocenters. The first kappa shape index (κ1) is 12.3. The van der Waals surface area contributed by atoms with Gasteiger partial charge in [0, 0.05) is 9.85 Å². The zero-order chi connectivity index (χ0) is 11.8. The highest BCUT2D eigenvalue weighted by atomic mass is 79.9. The molecule has 1 aliphatic rings. The van der Waals surface area contributed by atoms with E-state index in [9.17, 15) is 0 Å². The first-order chi connectivity index (χ1) is 7.57. The van der Waals surface area contributed by atoms with Crippen LogP contribution in [0.3, 0.4) is 0 Å². The summed E-state index contributed by atoms with van der Waals surface area (Å²) < 4.78 is 6.40. The second-order valence-corrected chi connectivity index (χ2v) is 6.12. The Hall–Kier alpha value is -0.210. The lowest BCUT2D eigenvalue weighted by molar-refractivity contribution is 0.413. The molecule has 1 fully saturated rings. The molecule has 1 nitrogen and oxygen atoms in total. The topological polar surface area (TPSA) is 9.23 Å². The molecule has 1 aromatic carbocycles. The van der Waals surface area contributed by atoms with E-state index in [1.165, 1.54) is 18.4 Å². The van der Waals surface area contributed by atoms with Crippen LogP contribution in [0.25, 0.3) is 0 Å². The van der Waals surface area contributed by atoms with Gasteiger partial charge in [-0.15, -0.1) is 11.6 Å². The predicted molar refractivity (Wildman–Crippen MR) is 71.4 cm³/mol. The molecular weight excluding hydrogens is 287 g/mol. The number of rotatable bonds is 4. The van der Waals surface area contributed by atoms with Crippen molar-refractivity contribution >= 4 is 27.5 Å². The van der Waals surface area contributed by atoms with Gasteiger partial charge in [-0.3, -0.25) is 0 Å². The highest BCUT2D eigenvalue weighted by Gasteiger charge is 2.46. The number of hydrogen-bond acceptors (Lipinski definition) is 1. The van der Waals surface area contributed by atoms with Gasteiger partial charge in [-0.25, -0.2) is 0 Å². The maximum Gasteiger partial charge on any atom is 0.119 e. The molecule has 0 amide bonds. The summed E-state index contributed by atoms with van der Waals surface area (Å²) in [5.74, 6) is 0.913. The molecule has 16 heavy (non-hydrogen) atoms. The number of benzene rings is 1. The van der Waals surface area contributed by atoms with E-state index in [0.717, 1.165) is 16.6 Å². The maximum absolute atomic E-state index is 6.26. The van der Waals surface area contributed by atoms with Crippen molar-refractivity contribution in [2.24, 2.45) is 5.41 Å². The molecule has 0 bridgehead atoms. The first-order valence-electron chi connectivity index (χ1n) is 5.54. The van der Waals surface area contributed by atoms with Crippen LogP contribution in [0.1, 0.15) is 25.3 Å². The summed E-state index contributed by atoms with van der Waals surface area (Å²) >= 11 is 9.85. The minimum absolute atomic E-state index is 0.241. The Morgan fingerprint density at radius 2 is 2.19 bits per heavy atom. The summed E-state index contributed by atoms with van der Waals surface area (Å²) in [5.41, 5.74) is 1.61. The van der Waals surface area contributed by atoms with Crippen LogP contribution in [-0.2, 0) is 6.42 Å². The van der Waals surface area contributed by atoms with Gasteiger partial charge in [0.1, 0.15) is 5.75 Å². The van der Waals surface area contributed by atoms with Gasteiger partial charge in [-0.1, -0.05) is 15.9 Å². The number of methoxy groups -OCH3 is 1. The van der Waals surface area contributed by atoms with Gasteiger partial charge in [0.15, 0.2) is 0 Å². The van der Waals surface area contributed by atoms with E-state index in [4.69, 9.17) is 16.3 Å². The highest BCUT2D eigenvalue weighted by molar-refractivity contribution is 9.10. The van der Waals surface area contributed by atoms with Crippen LogP contribution in [0.15, 0.2) is 22.7 Å². The van der Waals surface area contributed by atoms with Crippen molar-refractivity contribution in [2.45, 2.75) is 31.6 Å². The Morgan fingerprint density at radius 3 is 2.69 bits per heavy atom. The fourth-order valence-corrected chi connectivity index (χ4v) is 2.75. The fraction of sp³-hybridized carbons (Fsp3) is 0.538. The standard InChI is InChI=1S/C13H16BrClO/c1-9(15)13(5-6-13)8-10-7-11(16-2)3-4-12(10)14/h3-4,7,9H,5-6,8H2,1-2H3. The maximum atomic E-state index is 6.26. The van der Waals surface area contributed by atoms with Gasteiger partial charge in [0.05, 0.1) is 7.11 Å². The molecule has 0 radical (unpaired) electrons. The Labute approximate surface area is 110 Å². The number of alkyl halides is 1. The summed E-state index contributed by atoms with van der Waals surface area (Å²) in [5, 5.41) is 0.241. The van der Waals surface area contributed by atoms with E-state index >= 15 is 0 Å². The van der Waals surface area contributed by atoms with E-state index in [2.05, 4.69) is 28.9 Å². The molecule has 0 saturated heterocycles. The van der Waals surface area contributed by atoms with E-state index < -0.39 is 0 Å². The Balaban J connectivity index is 2.21. The lowest BCUT2D eigenvalue weighted by Gasteiger charge is -2.19. The molecule has 3 heteroatoms. The molecule has 1 aliphatic carbocycles. The van der Waals surface area contributed by atoms with Gasteiger partial charge >= 0.3 is 0 Å². The van der Waals surface area contributed by atoms with Crippen LogP contribution < -0.4 is 4.74 Å². The summed E-state index contributed by atoms with van der Waals surface area (Å²) in [6, 6.07) is 6.11. The monoisotopic (exact) mass is 302 g/mol. The second kappa shape index (κ2) is 4.58. The largest absolute Gasteiger partial charge is 0.497 e. The van der Waals surface area contributed by atoms with Gasteiger partial charge in [-0.05, 0) is 55.4 Å². The van der Waals surface area contributed by atoms with Crippen molar-refractivity contribution in [3.05, 3.63) is 28.2 Å². The number of ether oxygens (including phenoxy) is 1. The van der Waals surface area contributed by atoms with Gasteiger partial charge in [-0.2, -0.15) is 0 Å². The zero-order valence-corrected chi connectivity index (χ0v) is 11.9. The molecule has 1 unspecified atom stereocenters. The van der Waals surface area contributed by atoms with E-state index in [1.807, 2.05) is 12.1 Å². The normalized spacial score (nSPS) is 19.2. The van der Waals surface area contributed by atoms with E-state index in [-0.39, 0.29) is 5.38 Å². The minimum atomic E-state index is 0.241. The SMILES string of the molecule is COc1ccc(Br)c(CC2(C(C)Cl)CC2)c1. The second-order valence-electron chi connectivity index (χ2n) is 4.61. The van der Waals surface area contributed by atoms with Crippen LogP contribution in [0, 0.1) is 5.41 Å². The van der Waals surface area contributed by atoms with Crippen LogP contribution in [0.5, 0.6) is 5.75 Å². The molecule has 0 aromatic heterocycles. The smallest absolute Gasteiger partial charge is 0.119 e. The van der Waals surface area contributed by atoms with Crippen molar-refractivity contribution in [1.82, 2.24) is 0 Å².